The molecule has 3 rings (SSSR count). The van der Waals surface area contributed by atoms with Crippen LogP contribution in [0.5, 0.6) is 0 Å². The van der Waals surface area contributed by atoms with Crippen molar-refractivity contribution < 1.29 is 9.59 Å². The first-order valence-corrected chi connectivity index (χ1v) is 7.95. The number of amides is 3. The Morgan fingerprint density at radius 3 is 2.43 bits per heavy atom. The lowest BCUT2D eigenvalue weighted by Gasteiger charge is -2.11. The molecule has 1 aromatic carbocycles. The summed E-state index contributed by atoms with van der Waals surface area (Å²) in [6.45, 7) is 6.05. The number of hydrogen-bond donors (Lipinski definition) is 2. The second kappa shape index (κ2) is 5.70. The summed E-state index contributed by atoms with van der Waals surface area (Å²) >= 11 is 3.51. The third-order valence-corrected chi connectivity index (χ3v) is 4.78. The molecule has 0 atom stereocenters. The molecule has 1 aliphatic heterocycles. The molecule has 3 amide bonds. The van der Waals surface area contributed by atoms with Gasteiger partial charge in [0, 0.05) is 21.5 Å². The van der Waals surface area contributed by atoms with Crippen LogP contribution in [-0.2, 0) is 4.79 Å². The van der Waals surface area contributed by atoms with E-state index in [-0.39, 0.29) is 5.70 Å². The molecule has 5 nitrogen and oxygen atoms in total. The highest BCUT2D eigenvalue weighted by Gasteiger charge is 2.23. The zero-order valence-corrected chi connectivity index (χ0v) is 14.6. The number of aryl methyl sites for hydroxylation is 2. The highest BCUT2D eigenvalue weighted by Crippen LogP contribution is 2.26. The molecule has 2 heterocycles. The fourth-order valence-corrected chi connectivity index (χ4v) is 2.98. The molecule has 0 bridgehead atoms. The summed E-state index contributed by atoms with van der Waals surface area (Å²) < 4.78 is 3.19. The highest BCUT2D eigenvalue weighted by atomic mass is 79.9. The normalized spacial score (nSPS) is 15.9. The lowest BCUT2D eigenvalue weighted by Crippen LogP contribution is -2.22. The predicted molar refractivity (Wildman–Crippen MR) is 92.3 cm³/mol. The molecule has 1 aliphatic rings. The standard InChI is InChI=1S/C17H16BrN3O2/c1-9-6-13(4-5-14(9)18)21-10(2)7-12(11(21)3)8-15-16(22)20-17(23)19-15/h4-8H,1-3H3,(H2,19,20,22,23)/b15-8-. The monoisotopic (exact) mass is 373 g/mol. The fraction of sp³-hybridized carbons (Fsp3) is 0.176. The molecule has 0 radical (unpaired) electrons. The van der Waals surface area contributed by atoms with Gasteiger partial charge in [-0.25, -0.2) is 4.79 Å². The molecule has 0 unspecified atom stereocenters. The van der Waals surface area contributed by atoms with Gasteiger partial charge >= 0.3 is 6.03 Å². The topological polar surface area (TPSA) is 63.1 Å². The first-order valence-electron chi connectivity index (χ1n) is 7.16. The summed E-state index contributed by atoms with van der Waals surface area (Å²) in [5.41, 5.74) is 5.44. The lowest BCUT2D eigenvalue weighted by molar-refractivity contribution is -0.115. The average Bonchev–Trinajstić information content (AvgIpc) is 2.93. The summed E-state index contributed by atoms with van der Waals surface area (Å²) in [5, 5.41) is 4.71. The van der Waals surface area contributed by atoms with Crippen LogP contribution < -0.4 is 10.6 Å². The number of hydrogen-bond acceptors (Lipinski definition) is 2. The molecule has 23 heavy (non-hydrogen) atoms. The van der Waals surface area contributed by atoms with E-state index in [1.807, 2.05) is 39.0 Å². The van der Waals surface area contributed by atoms with Crippen LogP contribution in [0, 0.1) is 20.8 Å². The SMILES string of the molecule is Cc1cc(-n2c(C)cc(/C=C3\NC(=O)NC3=O)c2C)ccc1Br. The number of rotatable bonds is 2. The number of carbonyl (C=O) groups excluding carboxylic acids is 2. The quantitative estimate of drug-likeness (QED) is 0.626. The van der Waals surface area contributed by atoms with Gasteiger partial charge in [-0.15, -0.1) is 0 Å². The maximum atomic E-state index is 11.7. The van der Waals surface area contributed by atoms with Crippen molar-refractivity contribution in [3.8, 4) is 5.69 Å². The minimum absolute atomic E-state index is 0.266. The molecule has 0 aliphatic carbocycles. The van der Waals surface area contributed by atoms with Crippen molar-refractivity contribution in [3.05, 3.63) is 56.9 Å². The molecule has 1 saturated heterocycles. The van der Waals surface area contributed by atoms with Gasteiger partial charge in [-0.05, 0) is 62.2 Å². The van der Waals surface area contributed by atoms with Crippen LogP contribution in [-0.4, -0.2) is 16.5 Å². The Kier molecular flexibility index (Phi) is 3.85. The highest BCUT2D eigenvalue weighted by molar-refractivity contribution is 9.10. The first kappa shape index (κ1) is 15.6. The first-order chi connectivity index (χ1) is 10.9. The van der Waals surface area contributed by atoms with Gasteiger partial charge in [-0.2, -0.15) is 0 Å². The number of nitrogens with one attached hydrogen (secondary N) is 2. The number of urea groups is 1. The van der Waals surface area contributed by atoms with Crippen LogP contribution in [0.2, 0.25) is 0 Å². The minimum Gasteiger partial charge on any atom is -0.318 e. The number of imide groups is 1. The molecule has 118 valence electrons. The van der Waals surface area contributed by atoms with Gasteiger partial charge in [0.25, 0.3) is 5.91 Å². The van der Waals surface area contributed by atoms with Crippen molar-refractivity contribution in [2.24, 2.45) is 0 Å². The number of nitrogens with zero attached hydrogens (tertiary/aromatic N) is 1. The van der Waals surface area contributed by atoms with Crippen LogP contribution in [0.4, 0.5) is 4.79 Å². The molecule has 2 N–H and O–H groups in total. The summed E-state index contributed by atoms with van der Waals surface area (Å²) in [5.74, 6) is -0.403. The van der Waals surface area contributed by atoms with E-state index in [0.717, 1.165) is 32.7 Å². The number of benzene rings is 1. The van der Waals surface area contributed by atoms with Gasteiger partial charge in [0.1, 0.15) is 5.70 Å². The smallest absolute Gasteiger partial charge is 0.318 e. The molecule has 6 heteroatoms. The molecule has 0 spiro atoms. The van der Waals surface area contributed by atoms with Crippen LogP contribution in [0.25, 0.3) is 11.8 Å². The van der Waals surface area contributed by atoms with E-state index in [1.165, 1.54) is 0 Å². The summed E-state index contributed by atoms with van der Waals surface area (Å²) in [4.78, 5) is 22.9. The van der Waals surface area contributed by atoms with Gasteiger partial charge < -0.3 is 9.88 Å². The third kappa shape index (κ3) is 2.82. The Labute approximate surface area is 142 Å². The second-order valence-electron chi connectivity index (χ2n) is 5.56. The largest absolute Gasteiger partial charge is 0.326 e. The molecule has 1 fully saturated rings. The van der Waals surface area contributed by atoms with Crippen molar-refractivity contribution in [2.45, 2.75) is 20.8 Å². The number of aromatic nitrogens is 1. The van der Waals surface area contributed by atoms with E-state index in [1.54, 1.807) is 6.08 Å². The summed E-state index contributed by atoms with van der Waals surface area (Å²) in [7, 11) is 0. The van der Waals surface area contributed by atoms with Gasteiger partial charge in [-0.3, -0.25) is 10.1 Å². The van der Waals surface area contributed by atoms with E-state index in [4.69, 9.17) is 0 Å². The maximum absolute atomic E-state index is 11.7. The molecular formula is C17H16BrN3O2. The Morgan fingerprint density at radius 2 is 1.83 bits per heavy atom. The zero-order chi connectivity index (χ0) is 16.7. The lowest BCUT2D eigenvalue weighted by atomic mass is 10.2. The van der Waals surface area contributed by atoms with Crippen LogP contribution in [0.1, 0.15) is 22.5 Å². The summed E-state index contributed by atoms with van der Waals surface area (Å²) in [6.07, 6.45) is 1.70. The van der Waals surface area contributed by atoms with Gasteiger partial charge in [0.2, 0.25) is 0 Å². The summed E-state index contributed by atoms with van der Waals surface area (Å²) in [6, 6.07) is 7.67. The molecule has 1 aromatic heterocycles. The third-order valence-electron chi connectivity index (χ3n) is 3.89. The van der Waals surface area contributed by atoms with Gasteiger partial charge in [-0.1, -0.05) is 15.9 Å². The van der Waals surface area contributed by atoms with E-state index >= 15 is 0 Å². The zero-order valence-electron chi connectivity index (χ0n) is 13.0. The minimum atomic E-state index is -0.487. The molecule has 2 aromatic rings. The van der Waals surface area contributed by atoms with E-state index in [0.29, 0.717) is 0 Å². The second-order valence-corrected chi connectivity index (χ2v) is 6.42. The van der Waals surface area contributed by atoms with E-state index in [2.05, 4.69) is 37.2 Å². The number of halogens is 1. The van der Waals surface area contributed by atoms with Crippen molar-refractivity contribution >= 4 is 33.9 Å². The molecular weight excluding hydrogens is 358 g/mol. The van der Waals surface area contributed by atoms with Crippen LogP contribution in [0.15, 0.2) is 34.4 Å². The van der Waals surface area contributed by atoms with Crippen molar-refractivity contribution in [1.29, 1.82) is 0 Å². The van der Waals surface area contributed by atoms with E-state index in [9.17, 15) is 9.59 Å². The Balaban J connectivity index is 2.06. The molecule has 0 saturated carbocycles. The Hall–Kier alpha value is -2.34. The maximum Gasteiger partial charge on any atom is 0.326 e. The van der Waals surface area contributed by atoms with Gasteiger partial charge in [0.05, 0.1) is 0 Å². The Morgan fingerprint density at radius 1 is 1.09 bits per heavy atom. The van der Waals surface area contributed by atoms with Gasteiger partial charge in [0.15, 0.2) is 0 Å². The van der Waals surface area contributed by atoms with Crippen molar-refractivity contribution in [3.63, 3.8) is 0 Å². The Bertz CT molecular complexity index is 865. The fourth-order valence-electron chi connectivity index (χ4n) is 2.74. The predicted octanol–water partition coefficient (Wildman–Crippen LogP) is 3.35. The number of carbonyl (C=O) groups is 2. The average molecular weight is 374 g/mol. The van der Waals surface area contributed by atoms with Crippen molar-refractivity contribution in [1.82, 2.24) is 15.2 Å². The van der Waals surface area contributed by atoms with Crippen LogP contribution in [0.3, 0.4) is 0 Å². The van der Waals surface area contributed by atoms with E-state index < -0.39 is 11.9 Å². The van der Waals surface area contributed by atoms with Crippen molar-refractivity contribution in [2.75, 3.05) is 0 Å². The van der Waals surface area contributed by atoms with Crippen LogP contribution >= 0.6 is 15.9 Å².